The lowest BCUT2D eigenvalue weighted by atomic mass is 9.96. The lowest BCUT2D eigenvalue weighted by Crippen LogP contribution is -2.37. The van der Waals surface area contributed by atoms with Crippen molar-refractivity contribution in [2.24, 2.45) is 11.8 Å². The van der Waals surface area contributed by atoms with Crippen molar-refractivity contribution >= 4 is 22.6 Å². The average Bonchev–Trinajstić information content (AvgIpc) is 2.43. The summed E-state index contributed by atoms with van der Waals surface area (Å²) >= 11 is 2.37. The highest BCUT2D eigenvalue weighted by molar-refractivity contribution is 14.1. The highest BCUT2D eigenvalue weighted by Gasteiger charge is 2.18. The van der Waals surface area contributed by atoms with Crippen molar-refractivity contribution in [3.8, 4) is 0 Å². The van der Waals surface area contributed by atoms with Crippen LogP contribution in [0, 0.1) is 15.4 Å². The molecule has 1 N–H and O–H groups in total. The van der Waals surface area contributed by atoms with Gasteiger partial charge in [-0.2, -0.15) is 0 Å². The van der Waals surface area contributed by atoms with Crippen LogP contribution < -0.4 is 5.32 Å². The van der Waals surface area contributed by atoms with Gasteiger partial charge in [0.1, 0.15) is 0 Å². The molecule has 1 aromatic rings. The normalized spacial score (nSPS) is 17.8. The van der Waals surface area contributed by atoms with E-state index < -0.39 is 0 Å². The van der Waals surface area contributed by atoms with Crippen molar-refractivity contribution in [2.45, 2.75) is 33.2 Å². The molecule has 2 nitrogen and oxygen atoms in total. The second-order valence-corrected chi connectivity index (χ2v) is 7.64. The summed E-state index contributed by atoms with van der Waals surface area (Å²) in [6.07, 6.45) is 2.69. The van der Waals surface area contributed by atoms with Gasteiger partial charge in [-0.05, 0) is 91.1 Å². The minimum Gasteiger partial charge on any atom is -0.316 e. The van der Waals surface area contributed by atoms with Crippen molar-refractivity contribution in [1.82, 2.24) is 10.2 Å². The molecule has 112 valence electrons. The first-order valence-electron chi connectivity index (χ1n) is 7.81. The molecule has 1 saturated heterocycles. The van der Waals surface area contributed by atoms with Crippen LogP contribution in [0.4, 0.5) is 0 Å². The van der Waals surface area contributed by atoms with Gasteiger partial charge in [-0.15, -0.1) is 0 Å². The second-order valence-electron chi connectivity index (χ2n) is 6.40. The molecule has 20 heavy (non-hydrogen) atoms. The number of nitrogens with zero attached hydrogens (tertiary/aromatic N) is 1. The summed E-state index contributed by atoms with van der Waals surface area (Å²) in [5, 5.41) is 3.61. The number of hydrogen-bond acceptors (Lipinski definition) is 2. The first-order valence-corrected chi connectivity index (χ1v) is 8.89. The summed E-state index contributed by atoms with van der Waals surface area (Å²) in [6.45, 7) is 10.5. The number of hydrogen-bond donors (Lipinski definition) is 1. The van der Waals surface area contributed by atoms with Crippen LogP contribution >= 0.6 is 22.6 Å². The van der Waals surface area contributed by atoms with Crippen LogP contribution in [-0.4, -0.2) is 31.1 Å². The van der Waals surface area contributed by atoms with Gasteiger partial charge >= 0.3 is 0 Å². The Bertz CT molecular complexity index is 380. The Morgan fingerprint density at radius 1 is 1.20 bits per heavy atom. The summed E-state index contributed by atoms with van der Waals surface area (Å²) in [4.78, 5) is 2.60. The summed E-state index contributed by atoms with van der Waals surface area (Å²) in [5.74, 6) is 1.64. The molecule has 1 fully saturated rings. The topological polar surface area (TPSA) is 15.3 Å². The molecule has 0 aliphatic carbocycles. The lowest BCUT2D eigenvalue weighted by molar-refractivity contribution is 0.175. The summed E-state index contributed by atoms with van der Waals surface area (Å²) in [6, 6.07) is 8.94. The Balaban J connectivity index is 1.67. The molecule has 1 aliphatic heterocycles. The fraction of sp³-hybridized carbons (Fsp3) is 0.647. The van der Waals surface area contributed by atoms with Gasteiger partial charge in [0.05, 0.1) is 0 Å². The Kier molecular flexibility index (Phi) is 6.78. The molecule has 1 heterocycles. The van der Waals surface area contributed by atoms with Gasteiger partial charge in [0, 0.05) is 10.1 Å². The first-order chi connectivity index (χ1) is 9.63. The smallest absolute Gasteiger partial charge is 0.0233 e. The van der Waals surface area contributed by atoms with E-state index in [1.54, 1.807) is 0 Å². The predicted molar refractivity (Wildman–Crippen MR) is 94.9 cm³/mol. The maximum Gasteiger partial charge on any atom is 0.0233 e. The van der Waals surface area contributed by atoms with Gasteiger partial charge in [-0.25, -0.2) is 0 Å². The van der Waals surface area contributed by atoms with E-state index in [2.05, 4.69) is 70.9 Å². The Morgan fingerprint density at radius 2 is 1.85 bits per heavy atom. The molecule has 0 aromatic heterocycles. The number of halogens is 1. The Morgan fingerprint density at radius 3 is 2.45 bits per heavy atom. The number of rotatable bonds is 6. The van der Waals surface area contributed by atoms with E-state index in [4.69, 9.17) is 0 Å². The fourth-order valence-electron chi connectivity index (χ4n) is 2.77. The minimum absolute atomic E-state index is 0.760. The van der Waals surface area contributed by atoms with Crippen LogP contribution in [-0.2, 0) is 6.54 Å². The molecule has 0 spiro atoms. The molecule has 2 rings (SSSR count). The van der Waals surface area contributed by atoms with Crippen molar-refractivity contribution < 1.29 is 0 Å². The lowest BCUT2D eigenvalue weighted by Gasteiger charge is -2.32. The van der Waals surface area contributed by atoms with Crippen molar-refractivity contribution in [3.63, 3.8) is 0 Å². The number of benzene rings is 1. The summed E-state index contributed by atoms with van der Waals surface area (Å²) in [7, 11) is 0. The van der Waals surface area contributed by atoms with Gasteiger partial charge in [0.15, 0.2) is 0 Å². The number of nitrogens with one attached hydrogen (secondary N) is 1. The molecule has 1 aliphatic rings. The zero-order chi connectivity index (χ0) is 14.4. The van der Waals surface area contributed by atoms with Crippen LogP contribution in [0.3, 0.4) is 0 Å². The Hall–Kier alpha value is -0.130. The molecule has 0 amide bonds. The largest absolute Gasteiger partial charge is 0.316 e. The number of likely N-dealkylation sites (tertiary alicyclic amines) is 1. The zero-order valence-electron chi connectivity index (χ0n) is 12.7. The van der Waals surface area contributed by atoms with Crippen LogP contribution in [0.5, 0.6) is 0 Å². The predicted octanol–water partition coefficient (Wildman–Crippen LogP) is 3.75. The van der Waals surface area contributed by atoms with Gasteiger partial charge in [0.2, 0.25) is 0 Å². The van der Waals surface area contributed by atoms with Crippen molar-refractivity contribution in [2.75, 3.05) is 26.2 Å². The molecule has 1 aromatic carbocycles. The standard InChI is InChI=1S/C17H27IN2/c1-14(2)11-19-12-15-7-9-20(10-8-15)13-16-3-5-17(18)6-4-16/h3-6,14-15,19H,7-13H2,1-2H3. The first kappa shape index (κ1) is 16.2. The third-order valence-corrected chi connectivity index (χ3v) is 4.73. The second kappa shape index (κ2) is 8.35. The van der Waals surface area contributed by atoms with Crippen LogP contribution in [0.25, 0.3) is 0 Å². The third kappa shape index (κ3) is 5.70. The third-order valence-electron chi connectivity index (χ3n) is 4.01. The molecule has 0 atom stereocenters. The molecular formula is C17H27IN2. The van der Waals surface area contributed by atoms with E-state index in [-0.39, 0.29) is 0 Å². The molecule has 0 radical (unpaired) electrons. The van der Waals surface area contributed by atoms with E-state index in [1.165, 1.54) is 41.6 Å². The molecule has 0 unspecified atom stereocenters. The van der Waals surface area contributed by atoms with Crippen LogP contribution in [0.2, 0.25) is 0 Å². The minimum atomic E-state index is 0.760. The van der Waals surface area contributed by atoms with E-state index in [0.29, 0.717) is 0 Å². The Labute approximate surface area is 137 Å². The van der Waals surface area contributed by atoms with Crippen LogP contribution in [0.15, 0.2) is 24.3 Å². The van der Waals surface area contributed by atoms with E-state index >= 15 is 0 Å². The average molecular weight is 386 g/mol. The van der Waals surface area contributed by atoms with Crippen molar-refractivity contribution in [1.29, 1.82) is 0 Å². The van der Waals surface area contributed by atoms with Crippen LogP contribution in [0.1, 0.15) is 32.3 Å². The van der Waals surface area contributed by atoms with Gasteiger partial charge in [0.25, 0.3) is 0 Å². The van der Waals surface area contributed by atoms with Gasteiger partial charge in [-0.3, -0.25) is 4.90 Å². The summed E-state index contributed by atoms with van der Waals surface area (Å²) < 4.78 is 1.32. The number of piperidine rings is 1. The molecule has 3 heteroatoms. The van der Waals surface area contributed by atoms with E-state index in [9.17, 15) is 0 Å². The zero-order valence-corrected chi connectivity index (χ0v) is 14.9. The monoisotopic (exact) mass is 386 g/mol. The quantitative estimate of drug-likeness (QED) is 0.750. The fourth-order valence-corrected chi connectivity index (χ4v) is 3.13. The molecule has 0 saturated carbocycles. The maximum atomic E-state index is 3.61. The van der Waals surface area contributed by atoms with E-state index in [1.807, 2.05) is 0 Å². The highest BCUT2D eigenvalue weighted by Crippen LogP contribution is 2.19. The summed E-state index contributed by atoms with van der Waals surface area (Å²) in [5.41, 5.74) is 1.45. The maximum absolute atomic E-state index is 3.61. The molecule has 0 bridgehead atoms. The van der Waals surface area contributed by atoms with Crippen molar-refractivity contribution in [3.05, 3.63) is 33.4 Å². The SMILES string of the molecule is CC(C)CNCC1CCN(Cc2ccc(I)cc2)CC1. The highest BCUT2D eigenvalue weighted by atomic mass is 127. The molecular weight excluding hydrogens is 359 g/mol. The van der Waals surface area contributed by atoms with E-state index in [0.717, 1.165) is 24.9 Å². The van der Waals surface area contributed by atoms with Gasteiger partial charge < -0.3 is 5.32 Å². The van der Waals surface area contributed by atoms with Gasteiger partial charge in [-0.1, -0.05) is 26.0 Å².